The van der Waals surface area contributed by atoms with E-state index in [2.05, 4.69) is 21.2 Å². The van der Waals surface area contributed by atoms with Gasteiger partial charge in [-0.15, -0.1) is 0 Å². The maximum absolute atomic E-state index is 13.1. The summed E-state index contributed by atoms with van der Waals surface area (Å²) in [6, 6.07) is 7.46. The Morgan fingerprint density at radius 3 is 2.26 bits per heavy atom. The van der Waals surface area contributed by atoms with Crippen LogP contribution in [0, 0.1) is 13.8 Å². The fourth-order valence-electron chi connectivity index (χ4n) is 3.18. The van der Waals surface area contributed by atoms with Crippen molar-refractivity contribution in [3.8, 4) is 11.5 Å². The molecule has 0 aliphatic carbocycles. The van der Waals surface area contributed by atoms with E-state index >= 15 is 0 Å². The lowest BCUT2D eigenvalue weighted by atomic mass is 10.0. The molecule has 1 heterocycles. The largest absolute Gasteiger partial charge is 0.493 e. The highest BCUT2D eigenvalue weighted by atomic mass is 79.9. The number of hydrogen-bond donors (Lipinski definition) is 1. The lowest BCUT2D eigenvalue weighted by Crippen LogP contribution is -2.54. The van der Waals surface area contributed by atoms with Gasteiger partial charge in [-0.1, -0.05) is 22.0 Å². The maximum Gasteiger partial charge on any atom is 0.335 e. The van der Waals surface area contributed by atoms with E-state index in [1.807, 2.05) is 19.9 Å². The summed E-state index contributed by atoms with van der Waals surface area (Å²) in [5.41, 5.74) is 2.28. The van der Waals surface area contributed by atoms with Gasteiger partial charge in [0.2, 0.25) is 0 Å². The van der Waals surface area contributed by atoms with E-state index in [4.69, 9.17) is 9.47 Å². The van der Waals surface area contributed by atoms with E-state index in [-0.39, 0.29) is 17.1 Å². The van der Waals surface area contributed by atoms with Crippen LogP contribution in [0.3, 0.4) is 0 Å². The Bertz CT molecular complexity index is 1130. The summed E-state index contributed by atoms with van der Waals surface area (Å²) in [5.74, 6) is -1.69. The molecule has 0 atom stereocenters. The Morgan fingerprint density at radius 1 is 1.03 bits per heavy atom. The SMILES string of the molecule is COc1cc(/C=C2\C(=O)NC(=O)N(c3cc(C)cc(C)c3)C2=O)c(Br)cc1OC(C)=O. The maximum atomic E-state index is 13.1. The fourth-order valence-corrected chi connectivity index (χ4v) is 3.62. The summed E-state index contributed by atoms with van der Waals surface area (Å²) in [6.45, 7) is 4.95. The van der Waals surface area contributed by atoms with E-state index < -0.39 is 23.8 Å². The first-order chi connectivity index (χ1) is 14.6. The quantitative estimate of drug-likeness (QED) is 0.306. The highest BCUT2D eigenvalue weighted by Crippen LogP contribution is 2.35. The molecule has 0 saturated carbocycles. The third-order valence-electron chi connectivity index (χ3n) is 4.40. The minimum Gasteiger partial charge on any atom is -0.493 e. The van der Waals surface area contributed by atoms with Gasteiger partial charge in [0.25, 0.3) is 11.8 Å². The van der Waals surface area contributed by atoms with Crippen molar-refractivity contribution in [3.63, 3.8) is 0 Å². The number of nitrogens with one attached hydrogen (secondary N) is 1. The molecule has 3 rings (SSSR count). The van der Waals surface area contributed by atoms with Crippen molar-refractivity contribution in [2.24, 2.45) is 0 Å². The topological polar surface area (TPSA) is 102 Å². The molecule has 31 heavy (non-hydrogen) atoms. The predicted octanol–water partition coefficient (Wildman–Crippen LogP) is 3.67. The monoisotopic (exact) mass is 486 g/mol. The van der Waals surface area contributed by atoms with E-state index in [1.165, 1.54) is 32.2 Å². The minimum atomic E-state index is -0.820. The van der Waals surface area contributed by atoms with Crippen LogP contribution in [-0.2, 0) is 14.4 Å². The summed E-state index contributed by atoms with van der Waals surface area (Å²) in [6.07, 6.45) is 1.34. The molecule has 0 radical (unpaired) electrons. The number of hydrogen-bond acceptors (Lipinski definition) is 6. The number of methoxy groups -OCH3 is 1. The highest BCUT2D eigenvalue weighted by Gasteiger charge is 2.37. The van der Waals surface area contributed by atoms with Gasteiger partial charge < -0.3 is 9.47 Å². The van der Waals surface area contributed by atoms with Crippen molar-refractivity contribution >= 4 is 51.5 Å². The van der Waals surface area contributed by atoms with Crippen molar-refractivity contribution in [1.82, 2.24) is 5.32 Å². The van der Waals surface area contributed by atoms with Gasteiger partial charge in [-0.2, -0.15) is 0 Å². The summed E-state index contributed by atoms with van der Waals surface area (Å²) >= 11 is 3.34. The van der Waals surface area contributed by atoms with Gasteiger partial charge >= 0.3 is 12.0 Å². The molecular formula is C22H19BrN2O6. The van der Waals surface area contributed by atoms with Crippen LogP contribution in [0.2, 0.25) is 0 Å². The number of carbonyl (C=O) groups is 4. The molecule has 1 N–H and O–H groups in total. The van der Waals surface area contributed by atoms with Gasteiger partial charge in [0.05, 0.1) is 12.8 Å². The fraction of sp³-hybridized carbons (Fsp3) is 0.182. The number of rotatable bonds is 4. The van der Waals surface area contributed by atoms with Crippen LogP contribution < -0.4 is 19.7 Å². The van der Waals surface area contributed by atoms with Gasteiger partial charge in [-0.05, 0) is 60.9 Å². The summed E-state index contributed by atoms with van der Waals surface area (Å²) in [4.78, 5) is 50.2. The second-order valence-corrected chi connectivity index (χ2v) is 7.78. The molecular weight excluding hydrogens is 468 g/mol. The predicted molar refractivity (Wildman–Crippen MR) is 117 cm³/mol. The van der Waals surface area contributed by atoms with Gasteiger partial charge in [-0.3, -0.25) is 19.7 Å². The molecule has 2 aromatic carbocycles. The van der Waals surface area contributed by atoms with Gasteiger partial charge in [0, 0.05) is 11.4 Å². The Balaban J connectivity index is 2.07. The molecule has 0 bridgehead atoms. The van der Waals surface area contributed by atoms with E-state index in [1.54, 1.807) is 12.1 Å². The molecule has 1 aliphatic heterocycles. The number of anilines is 1. The molecule has 4 amide bonds. The molecule has 160 valence electrons. The number of urea groups is 1. The number of nitrogens with zero attached hydrogens (tertiary/aromatic N) is 1. The van der Waals surface area contributed by atoms with Gasteiger partial charge in [0.15, 0.2) is 11.5 Å². The smallest absolute Gasteiger partial charge is 0.335 e. The number of carbonyl (C=O) groups excluding carboxylic acids is 4. The van der Waals surface area contributed by atoms with Crippen molar-refractivity contribution in [1.29, 1.82) is 0 Å². The molecule has 1 saturated heterocycles. The van der Waals surface area contributed by atoms with Crippen LogP contribution in [0.25, 0.3) is 6.08 Å². The Labute approximate surface area is 186 Å². The van der Waals surface area contributed by atoms with Crippen LogP contribution in [-0.4, -0.2) is 30.9 Å². The van der Waals surface area contributed by atoms with E-state index in [9.17, 15) is 19.2 Å². The number of halogens is 1. The van der Waals surface area contributed by atoms with Crippen molar-refractivity contribution in [2.75, 3.05) is 12.0 Å². The van der Waals surface area contributed by atoms with Gasteiger partial charge in [0.1, 0.15) is 5.57 Å². The zero-order valence-electron chi connectivity index (χ0n) is 17.2. The number of esters is 1. The minimum absolute atomic E-state index is 0.176. The third kappa shape index (κ3) is 4.66. The average molecular weight is 487 g/mol. The average Bonchev–Trinajstić information content (AvgIpc) is 2.65. The zero-order chi connectivity index (χ0) is 22.9. The van der Waals surface area contributed by atoms with E-state index in [0.29, 0.717) is 15.7 Å². The van der Waals surface area contributed by atoms with Crippen molar-refractivity contribution < 1.29 is 28.7 Å². The highest BCUT2D eigenvalue weighted by molar-refractivity contribution is 9.10. The number of aryl methyl sites for hydroxylation is 2. The first-order valence-corrected chi connectivity index (χ1v) is 9.95. The molecule has 0 spiro atoms. The van der Waals surface area contributed by atoms with Crippen molar-refractivity contribution in [3.05, 3.63) is 57.1 Å². The molecule has 1 fully saturated rings. The van der Waals surface area contributed by atoms with Crippen molar-refractivity contribution in [2.45, 2.75) is 20.8 Å². The molecule has 1 aliphatic rings. The summed E-state index contributed by atoms with van der Waals surface area (Å²) < 4.78 is 10.8. The lowest BCUT2D eigenvalue weighted by Gasteiger charge is -2.27. The Morgan fingerprint density at radius 2 is 1.68 bits per heavy atom. The lowest BCUT2D eigenvalue weighted by molar-refractivity contribution is -0.132. The van der Waals surface area contributed by atoms with Crippen LogP contribution >= 0.6 is 15.9 Å². The van der Waals surface area contributed by atoms with Crippen LogP contribution in [0.4, 0.5) is 10.5 Å². The second kappa shape index (κ2) is 8.73. The number of imide groups is 2. The zero-order valence-corrected chi connectivity index (χ0v) is 18.8. The number of benzene rings is 2. The van der Waals surface area contributed by atoms with Crippen LogP contribution in [0.5, 0.6) is 11.5 Å². The normalized spacial score (nSPS) is 15.2. The molecule has 2 aromatic rings. The Hall–Kier alpha value is -3.46. The second-order valence-electron chi connectivity index (χ2n) is 6.92. The number of barbiturate groups is 1. The van der Waals surface area contributed by atoms with E-state index in [0.717, 1.165) is 16.0 Å². The van der Waals surface area contributed by atoms with Crippen LogP contribution in [0.15, 0.2) is 40.4 Å². The third-order valence-corrected chi connectivity index (χ3v) is 5.09. The first kappa shape index (κ1) is 22.2. The molecule has 9 heteroatoms. The number of amides is 4. The molecule has 0 aromatic heterocycles. The number of ether oxygens (including phenoxy) is 2. The standard InChI is InChI=1S/C22H19BrN2O6/c1-11-5-12(2)7-15(6-11)25-21(28)16(20(27)24-22(25)29)8-14-9-18(30-4)19(10-17(14)23)31-13(3)26/h5-10H,1-4H3,(H,24,27,29)/b16-8+. The molecule has 0 unspecified atom stereocenters. The van der Waals surface area contributed by atoms with Gasteiger partial charge in [-0.25, -0.2) is 9.69 Å². The summed E-state index contributed by atoms with van der Waals surface area (Å²) in [5, 5.41) is 2.20. The first-order valence-electron chi connectivity index (χ1n) is 9.16. The molecule has 8 nitrogen and oxygen atoms in total. The van der Waals surface area contributed by atoms with Crippen LogP contribution in [0.1, 0.15) is 23.6 Å². The Kier molecular flexibility index (Phi) is 6.26. The summed E-state index contributed by atoms with van der Waals surface area (Å²) in [7, 11) is 1.39.